The normalized spacial score (nSPS) is 18.8. The van der Waals surface area contributed by atoms with E-state index in [1.165, 1.54) is 43.7 Å². The molecule has 2 heterocycles. The van der Waals surface area contributed by atoms with Gasteiger partial charge in [0, 0.05) is 35.5 Å². The molecule has 0 saturated heterocycles. The molecule has 1 aliphatic heterocycles. The minimum Gasteiger partial charge on any atom is -0.396 e. The van der Waals surface area contributed by atoms with E-state index in [1.807, 2.05) is 0 Å². The molecular weight excluding hydrogens is 366 g/mol. The Kier molecular flexibility index (Phi) is 4.14. The Morgan fingerprint density at radius 1 is 0.733 bits per heavy atom. The molecule has 4 aromatic carbocycles. The van der Waals surface area contributed by atoms with Crippen LogP contribution in [0.5, 0.6) is 0 Å². The van der Waals surface area contributed by atoms with Gasteiger partial charge in [-0.2, -0.15) is 0 Å². The van der Waals surface area contributed by atoms with Crippen LogP contribution in [0.1, 0.15) is 30.0 Å². The molecule has 2 heteroatoms. The lowest BCUT2D eigenvalue weighted by Crippen LogP contribution is -2.26. The van der Waals surface area contributed by atoms with Gasteiger partial charge in [0.1, 0.15) is 0 Å². The van der Waals surface area contributed by atoms with E-state index < -0.39 is 0 Å². The number of hydrogen-bond acceptors (Lipinski definition) is 1. The number of rotatable bonds is 3. The Morgan fingerprint density at radius 2 is 1.33 bits per heavy atom. The zero-order valence-corrected chi connectivity index (χ0v) is 17.0. The summed E-state index contributed by atoms with van der Waals surface area (Å²) in [7, 11) is 0. The molecule has 0 radical (unpaired) electrons. The average molecular weight is 392 g/mol. The summed E-state index contributed by atoms with van der Waals surface area (Å²) in [5.74, 6) is 0.781. The molecule has 2 nitrogen and oxygen atoms in total. The van der Waals surface area contributed by atoms with E-state index in [-0.39, 0.29) is 6.61 Å². The lowest BCUT2D eigenvalue weighted by atomic mass is 9.78. The summed E-state index contributed by atoms with van der Waals surface area (Å²) in [6.45, 7) is 1.26. The van der Waals surface area contributed by atoms with Crippen LogP contribution < -0.4 is 0 Å². The minimum atomic E-state index is 0.250. The first-order valence-corrected chi connectivity index (χ1v) is 10.9. The molecule has 0 saturated carbocycles. The van der Waals surface area contributed by atoms with Gasteiger partial charge in [0.2, 0.25) is 0 Å². The van der Waals surface area contributed by atoms with Gasteiger partial charge < -0.3 is 9.67 Å². The van der Waals surface area contributed by atoms with E-state index in [1.54, 1.807) is 0 Å². The van der Waals surface area contributed by atoms with Crippen molar-refractivity contribution in [3.05, 3.63) is 96.2 Å². The van der Waals surface area contributed by atoms with Crippen molar-refractivity contribution in [2.75, 3.05) is 6.61 Å². The van der Waals surface area contributed by atoms with Crippen LogP contribution in [-0.2, 0) is 6.54 Å². The highest BCUT2D eigenvalue weighted by atomic mass is 16.3. The van der Waals surface area contributed by atoms with Crippen molar-refractivity contribution in [2.24, 2.45) is 5.92 Å². The van der Waals surface area contributed by atoms with E-state index in [0.717, 1.165) is 19.4 Å². The van der Waals surface area contributed by atoms with E-state index >= 15 is 0 Å². The number of hydrogen-bond donors (Lipinski definition) is 1. The second-order valence-corrected chi connectivity index (χ2v) is 8.52. The number of aryl methyl sites for hydroxylation is 1. The number of aliphatic hydroxyl groups is 1. The standard InChI is InChI=1S/C28H25NO/c30-17-15-20-14-16-29-26(27(20)19-8-2-1-3-9-19)18-25-23-12-5-4-10-21(23)22-11-6-7-13-24(22)28(25)29/h1-13,18,20,27,30H,14-17H2. The van der Waals surface area contributed by atoms with Crippen molar-refractivity contribution >= 4 is 32.4 Å². The summed E-state index contributed by atoms with van der Waals surface area (Å²) in [6.07, 6.45) is 1.95. The zero-order valence-electron chi connectivity index (χ0n) is 17.0. The monoisotopic (exact) mass is 391 g/mol. The molecule has 0 spiro atoms. The predicted octanol–water partition coefficient (Wildman–Crippen LogP) is 6.48. The molecule has 148 valence electrons. The topological polar surface area (TPSA) is 25.2 Å². The molecule has 6 rings (SSSR count). The quantitative estimate of drug-likeness (QED) is 0.350. The van der Waals surface area contributed by atoms with Crippen molar-refractivity contribution in [1.29, 1.82) is 0 Å². The minimum absolute atomic E-state index is 0.250. The number of benzene rings is 4. The molecule has 5 aromatic rings. The predicted molar refractivity (Wildman–Crippen MR) is 125 cm³/mol. The maximum Gasteiger partial charge on any atom is 0.0568 e. The van der Waals surface area contributed by atoms with Gasteiger partial charge in [-0.05, 0) is 46.5 Å². The first-order chi connectivity index (χ1) is 14.9. The first kappa shape index (κ1) is 17.7. The highest BCUT2D eigenvalue weighted by Crippen LogP contribution is 2.45. The lowest BCUT2D eigenvalue weighted by molar-refractivity contribution is 0.227. The fourth-order valence-corrected chi connectivity index (χ4v) is 5.72. The molecule has 0 fully saturated rings. The molecular formula is C28H25NO. The van der Waals surface area contributed by atoms with Crippen LogP contribution in [0, 0.1) is 5.92 Å². The van der Waals surface area contributed by atoms with Gasteiger partial charge in [0.15, 0.2) is 0 Å². The van der Waals surface area contributed by atoms with Gasteiger partial charge in [0.25, 0.3) is 0 Å². The summed E-state index contributed by atoms with van der Waals surface area (Å²) in [5, 5.41) is 16.4. The summed E-state index contributed by atoms with van der Waals surface area (Å²) in [6, 6.07) is 30.9. The summed E-state index contributed by atoms with van der Waals surface area (Å²) in [5.41, 5.74) is 4.11. The largest absolute Gasteiger partial charge is 0.396 e. The van der Waals surface area contributed by atoms with E-state index in [0.29, 0.717) is 11.8 Å². The van der Waals surface area contributed by atoms with E-state index in [9.17, 15) is 5.11 Å². The maximum absolute atomic E-state index is 9.75. The Hall–Kier alpha value is -3.10. The fourth-order valence-electron chi connectivity index (χ4n) is 5.72. The van der Waals surface area contributed by atoms with Crippen molar-refractivity contribution in [3.63, 3.8) is 0 Å². The molecule has 0 aliphatic carbocycles. The Bertz CT molecular complexity index is 1370. The van der Waals surface area contributed by atoms with Crippen LogP contribution in [0.4, 0.5) is 0 Å². The average Bonchev–Trinajstić information content (AvgIpc) is 3.20. The van der Waals surface area contributed by atoms with Gasteiger partial charge >= 0.3 is 0 Å². The van der Waals surface area contributed by atoms with Crippen LogP contribution in [0.15, 0.2) is 84.9 Å². The van der Waals surface area contributed by atoms with E-state index in [4.69, 9.17) is 0 Å². The highest BCUT2D eigenvalue weighted by Gasteiger charge is 2.32. The summed E-state index contributed by atoms with van der Waals surface area (Å²) >= 11 is 0. The second kappa shape index (κ2) is 7.00. The van der Waals surface area contributed by atoms with Gasteiger partial charge in [-0.15, -0.1) is 0 Å². The highest BCUT2D eigenvalue weighted by molar-refractivity contribution is 6.24. The maximum atomic E-state index is 9.75. The third kappa shape index (κ3) is 2.54. The number of aromatic nitrogens is 1. The summed E-state index contributed by atoms with van der Waals surface area (Å²) < 4.78 is 2.57. The molecule has 30 heavy (non-hydrogen) atoms. The number of nitrogens with zero attached hydrogens (tertiary/aromatic N) is 1. The van der Waals surface area contributed by atoms with Crippen LogP contribution >= 0.6 is 0 Å². The van der Waals surface area contributed by atoms with Crippen molar-refractivity contribution < 1.29 is 5.11 Å². The third-order valence-electron chi connectivity index (χ3n) is 6.99. The van der Waals surface area contributed by atoms with Gasteiger partial charge in [-0.1, -0.05) is 78.9 Å². The Morgan fingerprint density at radius 3 is 2.03 bits per heavy atom. The molecule has 2 unspecified atom stereocenters. The first-order valence-electron chi connectivity index (χ1n) is 10.9. The molecule has 1 aliphatic rings. The fraction of sp³-hybridized carbons (Fsp3) is 0.214. The Labute approximate surface area is 176 Å². The molecule has 0 bridgehead atoms. The van der Waals surface area contributed by atoms with Crippen LogP contribution in [0.2, 0.25) is 0 Å². The van der Waals surface area contributed by atoms with Crippen LogP contribution in [0.25, 0.3) is 32.4 Å². The van der Waals surface area contributed by atoms with Gasteiger partial charge in [-0.25, -0.2) is 0 Å². The second-order valence-electron chi connectivity index (χ2n) is 8.52. The SMILES string of the molecule is OCCC1CCn2c(cc3c4ccccc4c4ccccc4c32)C1c1ccccc1. The Balaban J connectivity index is 1.72. The van der Waals surface area contributed by atoms with Crippen molar-refractivity contribution in [1.82, 2.24) is 4.57 Å². The van der Waals surface area contributed by atoms with Crippen molar-refractivity contribution in [3.8, 4) is 0 Å². The van der Waals surface area contributed by atoms with Crippen molar-refractivity contribution in [2.45, 2.75) is 25.3 Å². The number of fused-ring (bicyclic) bond motifs is 8. The molecule has 1 N–H and O–H groups in total. The molecule has 1 aromatic heterocycles. The third-order valence-corrected chi connectivity index (χ3v) is 6.99. The lowest BCUT2D eigenvalue weighted by Gasteiger charge is -2.34. The van der Waals surface area contributed by atoms with Gasteiger partial charge in [0.05, 0.1) is 5.52 Å². The molecule has 2 atom stereocenters. The van der Waals surface area contributed by atoms with Gasteiger partial charge in [-0.3, -0.25) is 0 Å². The smallest absolute Gasteiger partial charge is 0.0568 e. The molecule has 0 amide bonds. The zero-order chi connectivity index (χ0) is 20.1. The van der Waals surface area contributed by atoms with Crippen LogP contribution in [0.3, 0.4) is 0 Å². The summed E-state index contributed by atoms with van der Waals surface area (Å²) in [4.78, 5) is 0. The van der Waals surface area contributed by atoms with E-state index in [2.05, 4.69) is 89.5 Å². The number of aliphatic hydroxyl groups excluding tert-OH is 1. The van der Waals surface area contributed by atoms with Crippen LogP contribution in [-0.4, -0.2) is 16.3 Å².